The summed E-state index contributed by atoms with van der Waals surface area (Å²) in [7, 11) is 0. The number of carbonyl (C=O) groups is 2. The van der Waals surface area contributed by atoms with Gasteiger partial charge >= 0.3 is 0 Å². The fourth-order valence-electron chi connectivity index (χ4n) is 2.51. The molecule has 3 N–H and O–H groups in total. The number of hydrogen-bond acceptors (Lipinski definition) is 4. The first kappa shape index (κ1) is 17.3. The maximum absolute atomic E-state index is 12.3. The molecule has 1 aliphatic rings. The lowest BCUT2D eigenvalue weighted by Gasteiger charge is -2.12. The summed E-state index contributed by atoms with van der Waals surface area (Å²) >= 11 is 5.90. The summed E-state index contributed by atoms with van der Waals surface area (Å²) in [5.74, 6) is -0.514. The number of carbonyl (C=O) groups excluding carboxylic acids is 2. The molecular weight excluding hydrogens is 342 g/mol. The molecule has 0 radical (unpaired) electrons. The molecule has 2 amide bonds. The third kappa shape index (κ3) is 4.71. The first-order valence-electron chi connectivity index (χ1n) is 7.96. The second-order valence-electron chi connectivity index (χ2n) is 5.66. The molecule has 1 atom stereocenters. The van der Waals surface area contributed by atoms with Gasteiger partial charge < -0.3 is 10.1 Å². The van der Waals surface area contributed by atoms with Gasteiger partial charge in [-0.2, -0.15) is 0 Å². The van der Waals surface area contributed by atoms with Crippen LogP contribution >= 0.6 is 11.6 Å². The van der Waals surface area contributed by atoms with Gasteiger partial charge in [0.2, 0.25) is 0 Å². The average Bonchev–Trinajstić information content (AvgIpc) is 3.15. The van der Waals surface area contributed by atoms with Gasteiger partial charge in [0.05, 0.1) is 5.69 Å². The maximum atomic E-state index is 12.3. The van der Waals surface area contributed by atoms with Gasteiger partial charge in [0, 0.05) is 22.9 Å². The van der Waals surface area contributed by atoms with Crippen LogP contribution in [0, 0.1) is 0 Å². The van der Waals surface area contributed by atoms with Crippen molar-refractivity contribution in [2.75, 3.05) is 17.3 Å². The zero-order chi connectivity index (χ0) is 17.6. The van der Waals surface area contributed by atoms with Crippen LogP contribution in [-0.4, -0.2) is 24.5 Å². The largest absolute Gasteiger partial charge is 0.368 e. The lowest BCUT2D eigenvalue weighted by atomic mass is 10.1. The van der Waals surface area contributed by atoms with Crippen LogP contribution in [0.1, 0.15) is 23.2 Å². The highest BCUT2D eigenvalue weighted by Crippen LogP contribution is 2.17. The lowest BCUT2D eigenvalue weighted by Crippen LogP contribution is -2.30. The van der Waals surface area contributed by atoms with E-state index in [0.29, 0.717) is 28.6 Å². The van der Waals surface area contributed by atoms with E-state index >= 15 is 0 Å². The van der Waals surface area contributed by atoms with Gasteiger partial charge in [0.15, 0.2) is 0 Å². The van der Waals surface area contributed by atoms with Gasteiger partial charge in [0.1, 0.15) is 6.10 Å². The van der Waals surface area contributed by atoms with Crippen molar-refractivity contribution in [1.29, 1.82) is 0 Å². The van der Waals surface area contributed by atoms with Crippen molar-refractivity contribution in [1.82, 2.24) is 5.43 Å². The van der Waals surface area contributed by atoms with E-state index in [9.17, 15) is 9.59 Å². The summed E-state index contributed by atoms with van der Waals surface area (Å²) in [5, 5.41) is 3.35. The third-order valence-corrected chi connectivity index (χ3v) is 3.99. The summed E-state index contributed by atoms with van der Waals surface area (Å²) in [5.41, 5.74) is 7.03. The Balaban J connectivity index is 1.60. The highest BCUT2D eigenvalue weighted by atomic mass is 35.5. The Kier molecular flexibility index (Phi) is 5.53. The number of hydrogen-bond donors (Lipinski definition) is 3. The van der Waals surface area contributed by atoms with Crippen molar-refractivity contribution in [3.05, 3.63) is 59.1 Å². The zero-order valence-corrected chi connectivity index (χ0v) is 14.2. The van der Waals surface area contributed by atoms with Crippen molar-refractivity contribution in [2.24, 2.45) is 0 Å². The average molecular weight is 360 g/mol. The molecule has 3 rings (SSSR count). The molecule has 0 spiro atoms. The normalized spacial score (nSPS) is 16.3. The summed E-state index contributed by atoms with van der Waals surface area (Å²) in [6.45, 7) is 0.607. The third-order valence-electron chi connectivity index (χ3n) is 3.76. The molecule has 0 bridgehead atoms. The molecule has 1 aliphatic heterocycles. The van der Waals surface area contributed by atoms with Crippen LogP contribution in [-0.2, 0) is 9.53 Å². The van der Waals surface area contributed by atoms with E-state index in [1.54, 1.807) is 48.5 Å². The molecule has 0 saturated carbocycles. The predicted octanol–water partition coefficient (Wildman–Crippen LogP) is 3.21. The summed E-state index contributed by atoms with van der Waals surface area (Å²) in [6, 6.07) is 13.7. The van der Waals surface area contributed by atoms with E-state index < -0.39 is 6.10 Å². The van der Waals surface area contributed by atoms with Gasteiger partial charge in [-0.3, -0.25) is 20.4 Å². The Labute approximate surface area is 150 Å². The molecule has 2 aromatic carbocycles. The van der Waals surface area contributed by atoms with Crippen molar-refractivity contribution >= 4 is 34.8 Å². The van der Waals surface area contributed by atoms with E-state index in [1.807, 2.05) is 0 Å². The zero-order valence-electron chi connectivity index (χ0n) is 13.4. The lowest BCUT2D eigenvalue weighted by molar-refractivity contribution is -0.124. The number of halogens is 1. The molecule has 2 aromatic rings. The highest BCUT2D eigenvalue weighted by Gasteiger charge is 2.23. The number of rotatable bonds is 5. The van der Waals surface area contributed by atoms with Crippen LogP contribution in [0.25, 0.3) is 0 Å². The molecule has 0 aliphatic carbocycles. The summed E-state index contributed by atoms with van der Waals surface area (Å²) in [6.07, 6.45) is 1.19. The first-order valence-corrected chi connectivity index (χ1v) is 8.34. The SMILES string of the molecule is O=C(NNc1cccc(Cl)c1)c1cccc(NC(=O)C2CCCO2)c1. The van der Waals surface area contributed by atoms with Crippen molar-refractivity contribution in [3.8, 4) is 0 Å². The number of benzene rings is 2. The number of anilines is 2. The van der Waals surface area contributed by atoms with Crippen LogP contribution in [0.2, 0.25) is 5.02 Å². The molecular formula is C18H18ClN3O3. The Bertz CT molecular complexity index is 776. The van der Waals surface area contributed by atoms with Crippen LogP contribution in [0.3, 0.4) is 0 Å². The number of hydrazine groups is 1. The van der Waals surface area contributed by atoms with E-state index in [4.69, 9.17) is 16.3 Å². The Morgan fingerprint density at radius 2 is 1.88 bits per heavy atom. The molecule has 6 nitrogen and oxygen atoms in total. The molecule has 25 heavy (non-hydrogen) atoms. The van der Waals surface area contributed by atoms with E-state index in [0.717, 1.165) is 12.8 Å². The van der Waals surface area contributed by atoms with Gasteiger partial charge in [-0.25, -0.2) is 0 Å². The number of nitrogens with one attached hydrogen (secondary N) is 3. The minimum absolute atomic E-state index is 0.188. The molecule has 130 valence electrons. The van der Waals surface area contributed by atoms with Crippen LogP contribution in [0.5, 0.6) is 0 Å². The highest BCUT2D eigenvalue weighted by molar-refractivity contribution is 6.30. The Morgan fingerprint density at radius 1 is 1.08 bits per heavy atom. The monoisotopic (exact) mass is 359 g/mol. The quantitative estimate of drug-likeness (QED) is 0.716. The molecule has 0 aromatic heterocycles. The summed E-state index contributed by atoms with van der Waals surface area (Å²) in [4.78, 5) is 24.3. The van der Waals surface area contributed by atoms with Gasteiger partial charge in [-0.1, -0.05) is 23.7 Å². The predicted molar refractivity (Wildman–Crippen MR) is 96.6 cm³/mol. The standard InChI is InChI=1S/C18H18ClN3O3/c19-13-5-2-7-15(11-13)21-22-17(23)12-4-1-6-14(10-12)20-18(24)16-8-3-9-25-16/h1-2,4-7,10-11,16,21H,3,8-9H2,(H,20,24)(H,22,23). The minimum atomic E-state index is -0.415. The molecule has 1 unspecified atom stereocenters. The van der Waals surface area contributed by atoms with Crippen molar-refractivity contribution < 1.29 is 14.3 Å². The number of ether oxygens (including phenoxy) is 1. The smallest absolute Gasteiger partial charge is 0.269 e. The molecule has 1 saturated heterocycles. The van der Waals surface area contributed by atoms with Crippen molar-refractivity contribution in [2.45, 2.75) is 18.9 Å². The second-order valence-corrected chi connectivity index (χ2v) is 6.10. The second kappa shape index (κ2) is 8.00. The number of amides is 2. The maximum Gasteiger partial charge on any atom is 0.269 e. The van der Waals surface area contributed by atoms with E-state index in [-0.39, 0.29) is 11.8 Å². The van der Waals surface area contributed by atoms with Crippen LogP contribution in [0.15, 0.2) is 48.5 Å². The summed E-state index contributed by atoms with van der Waals surface area (Å²) < 4.78 is 5.35. The molecule has 1 fully saturated rings. The van der Waals surface area contributed by atoms with Gasteiger partial charge in [-0.15, -0.1) is 0 Å². The Hall–Kier alpha value is -2.57. The topological polar surface area (TPSA) is 79.5 Å². The van der Waals surface area contributed by atoms with Crippen LogP contribution < -0.4 is 16.2 Å². The van der Waals surface area contributed by atoms with Gasteiger partial charge in [-0.05, 0) is 49.2 Å². The fraction of sp³-hybridized carbons (Fsp3) is 0.222. The fourth-order valence-corrected chi connectivity index (χ4v) is 2.70. The Morgan fingerprint density at radius 3 is 2.64 bits per heavy atom. The van der Waals surface area contributed by atoms with E-state index in [2.05, 4.69) is 16.2 Å². The first-order chi connectivity index (χ1) is 12.1. The molecule has 1 heterocycles. The van der Waals surface area contributed by atoms with Crippen LogP contribution in [0.4, 0.5) is 11.4 Å². The van der Waals surface area contributed by atoms with E-state index in [1.165, 1.54) is 0 Å². The van der Waals surface area contributed by atoms with Crippen molar-refractivity contribution in [3.63, 3.8) is 0 Å². The minimum Gasteiger partial charge on any atom is -0.368 e. The molecule has 7 heteroatoms. The van der Waals surface area contributed by atoms with Gasteiger partial charge in [0.25, 0.3) is 11.8 Å².